The summed E-state index contributed by atoms with van der Waals surface area (Å²) in [5, 5.41) is 4.13. The highest BCUT2D eigenvalue weighted by Gasteiger charge is 2.15. The molecule has 3 heteroatoms. The first-order valence-electron chi connectivity index (χ1n) is 3.87. The second-order valence-corrected chi connectivity index (χ2v) is 2.96. The Morgan fingerprint density at radius 1 is 1.60 bits per heavy atom. The topological polar surface area (TPSA) is 15.3 Å². The lowest BCUT2D eigenvalue weighted by atomic mass is 10.2. The van der Waals surface area contributed by atoms with E-state index in [1.807, 2.05) is 0 Å². The minimum absolute atomic E-state index is 0.938. The van der Waals surface area contributed by atoms with Crippen molar-refractivity contribution in [1.29, 1.82) is 0 Å². The van der Waals surface area contributed by atoms with Crippen LogP contribution >= 0.6 is 12.2 Å². The number of thiocarbonyl (C=S) groups is 1. The summed E-state index contributed by atoms with van der Waals surface area (Å²) in [5.74, 6) is 0. The van der Waals surface area contributed by atoms with E-state index in [-0.39, 0.29) is 0 Å². The molecule has 1 rings (SSSR count). The highest BCUT2D eigenvalue weighted by Crippen LogP contribution is 2.04. The molecule has 0 amide bonds. The van der Waals surface area contributed by atoms with Crippen LogP contribution in [0.15, 0.2) is 0 Å². The number of hydrogen-bond acceptors (Lipinski definition) is 1. The Morgan fingerprint density at radius 2 is 2.30 bits per heavy atom. The van der Waals surface area contributed by atoms with Crippen molar-refractivity contribution in [3.8, 4) is 0 Å². The molecule has 1 N–H and O–H groups in total. The van der Waals surface area contributed by atoms with Gasteiger partial charge < -0.3 is 10.2 Å². The molecule has 0 atom stereocenters. The first-order valence-corrected chi connectivity index (χ1v) is 4.28. The second-order valence-electron chi connectivity index (χ2n) is 2.57. The predicted molar refractivity (Wildman–Crippen MR) is 47.1 cm³/mol. The molecule has 0 aromatic rings. The molecule has 0 aliphatic carbocycles. The fraction of sp³-hybridized carbons (Fsp3) is 0.857. The molecule has 0 radical (unpaired) electrons. The van der Waals surface area contributed by atoms with Crippen LogP contribution < -0.4 is 5.32 Å². The lowest BCUT2D eigenvalue weighted by molar-refractivity contribution is 0.296. The fourth-order valence-electron chi connectivity index (χ4n) is 0.863. The monoisotopic (exact) mass is 158 g/mol. The van der Waals surface area contributed by atoms with E-state index in [9.17, 15) is 0 Å². The van der Waals surface area contributed by atoms with Crippen LogP contribution in [0.4, 0.5) is 0 Å². The minimum Gasteiger partial charge on any atom is -0.363 e. The average Bonchev–Trinajstić information content (AvgIpc) is 1.79. The molecule has 0 unspecified atom stereocenters. The van der Waals surface area contributed by atoms with E-state index in [4.69, 9.17) is 12.2 Å². The third-order valence-electron chi connectivity index (χ3n) is 1.67. The fourth-order valence-corrected chi connectivity index (χ4v) is 1.15. The molecule has 1 heterocycles. The first kappa shape index (κ1) is 7.79. The predicted octanol–water partition coefficient (Wildman–Crippen LogP) is 0.977. The Morgan fingerprint density at radius 3 is 2.70 bits per heavy atom. The second kappa shape index (κ2) is 3.76. The van der Waals surface area contributed by atoms with Crippen LogP contribution in [0.5, 0.6) is 0 Å². The summed E-state index contributed by atoms with van der Waals surface area (Å²) >= 11 is 5.11. The smallest absolute Gasteiger partial charge is 0.168 e. The molecule has 0 aromatic carbocycles. The van der Waals surface area contributed by atoms with Crippen molar-refractivity contribution in [1.82, 2.24) is 10.2 Å². The third kappa shape index (κ3) is 1.84. The number of rotatable bonds is 2. The van der Waals surface area contributed by atoms with Gasteiger partial charge in [-0.25, -0.2) is 0 Å². The van der Waals surface area contributed by atoms with Crippen LogP contribution in [0.1, 0.15) is 19.8 Å². The van der Waals surface area contributed by atoms with E-state index in [1.54, 1.807) is 0 Å². The van der Waals surface area contributed by atoms with Crippen LogP contribution in [-0.2, 0) is 0 Å². The van der Waals surface area contributed by atoms with Gasteiger partial charge in [-0.05, 0) is 25.1 Å². The zero-order chi connectivity index (χ0) is 7.40. The van der Waals surface area contributed by atoms with Crippen LogP contribution in [-0.4, -0.2) is 29.6 Å². The summed E-state index contributed by atoms with van der Waals surface area (Å²) < 4.78 is 0. The van der Waals surface area contributed by atoms with Gasteiger partial charge in [0.2, 0.25) is 0 Å². The maximum atomic E-state index is 5.11. The molecule has 0 spiro atoms. The number of likely N-dealkylation sites (tertiary alicyclic amines) is 1. The van der Waals surface area contributed by atoms with Gasteiger partial charge in [-0.1, -0.05) is 6.92 Å². The molecule has 1 aliphatic heterocycles. The Kier molecular flexibility index (Phi) is 2.93. The number of hydrogen-bond donors (Lipinski definition) is 1. The van der Waals surface area contributed by atoms with E-state index >= 15 is 0 Å². The first-order chi connectivity index (χ1) is 4.84. The van der Waals surface area contributed by atoms with Crippen molar-refractivity contribution in [3.63, 3.8) is 0 Å². The molecule has 1 fully saturated rings. The third-order valence-corrected chi connectivity index (χ3v) is 2.07. The van der Waals surface area contributed by atoms with Crippen molar-refractivity contribution in [2.24, 2.45) is 0 Å². The zero-order valence-electron chi connectivity index (χ0n) is 6.39. The molecule has 0 bridgehead atoms. The van der Waals surface area contributed by atoms with Gasteiger partial charge in [-0.15, -0.1) is 0 Å². The lowest BCUT2D eigenvalue weighted by Crippen LogP contribution is -2.47. The molecular weight excluding hydrogens is 144 g/mol. The van der Waals surface area contributed by atoms with E-state index in [0.29, 0.717) is 0 Å². The van der Waals surface area contributed by atoms with E-state index in [0.717, 1.165) is 31.2 Å². The van der Waals surface area contributed by atoms with E-state index in [2.05, 4.69) is 17.1 Å². The van der Waals surface area contributed by atoms with Crippen LogP contribution in [0.2, 0.25) is 0 Å². The molecule has 1 saturated heterocycles. The Balaban J connectivity index is 2.08. The highest BCUT2D eigenvalue weighted by molar-refractivity contribution is 7.80. The standard InChI is InChI=1S/C7H14N2S/c1-2-4-8-7(10)9-5-3-6-9/h2-6H2,1H3,(H,8,10). The maximum absolute atomic E-state index is 5.11. The lowest BCUT2D eigenvalue weighted by Gasteiger charge is -2.33. The summed E-state index contributed by atoms with van der Waals surface area (Å²) in [7, 11) is 0. The van der Waals surface area contributed by atoms with Gasteiger partial charge in [0, 0.05) is 19.6 Å². The van der Waals surface area contributed by atoms with Crippen molar-refractivity contribution in [2.45, 2.75) is 19.8 Å². The van der Waals surface area contributed by atoms with Crippen LogP contribution in [0.3, 0.4) is 0 Å². The van der Waals surface area contributed by atoms with Gasteiger partial charge in [0.1, 0.15) is 0 Å². The molecule has 0 saturated carbocycles. The van der Waals surface area contributed by atoms with Crippen LogP contribution in [0.25, 0.3) is 0 Å². The molecule has 1 aliphatic rings. The van der Waals surface area contributed by atoms with Crippen molar-refractivity contribution in [3.05, 3.63) is 0 Å². The van der Waals surface area contributed by atoms with Gasteiger partial charge in [0.15, 0.2) is 5.11 Å². The maximum Gasteiger partial charge on any atom is 0.168 e. The summed E-state index contributed by atoms with van der Waals surface area (Å²) in [6, 6.07) is 0. The van der Waals surface area contributed by atoms with Gasteiger partial charge >= 0.3 is 0 Å². The Labute approximate surface area is 67.6 Å². The molecule has 58 valence electrons. The summed E-state index contributed by atoms with van der Waals surface area (Å²) in [5.41, 5.74) is 0. The largest absolute Gasteiger partial charge is 0.363 e. The number of nitrogens with one attached hydrogen (secondary N) is 1. The van der Waals surface area contributed by atoms with Gasteiger partial charge in [-0.2, -0.15) is 0 Å². The van der Waals surface area contributed by atoms with E-state index < -0.39 is 0 Å². The zero-order valence-corrected chi connectivity index (χ0v) is 7.21. The number of nitrogens with zero attached hydrogens (tertiary/aromatic N) is 1. The highest BCUT2D eigenvalue weighted by atomic mass is 32.1. The van der Waals surface area contributed by atoms with Crippen molar-refractivity contribution in [2.75, 3.05) is 19.6 Å². The quantitative estimate of drug-likeness (QED) is 0.603. The van der Waals surface area contributed by atoms with Crippen LogP contribution in [0, 0.1) is 0 Å². The Hall–Kier alpha value is -0.310. The van der Waals surface area contributed by atoms with Crippen molar-refractivity contribution >= 4 is 17.3 Å². The molecule has 10 heavy (non-hydrogen) atoms. The normalized spacial score (nSPS) is 16.3. The summed E-state index contributed by atoms with van der Waals surface area (Å²) in [6.45, 7) is 5.45. The summed E-state index contributed by atoms with van der Waals surface area (Å²) in [4.78, 5) is 2.20. The van der Waals surface area contributed by atoms with Gasteiger partial charge in [-0.3, -0.25) is 0 Å². The Bertz CT molecular complexity index is 121. The molecule has 0 aromatic heterocycles. The van der Waals surface area contributed by atoms with Crippen molar-refractivity contribution < 1.29 is 0 Å². The SMILES string of the molecule is CCCNC(=S)N1CCC1. The van der Waals surface area contributed by atoms with Gasteiger partial charge in [0.05, 0.1) is 0 Å². The van der Waals surface area contributed by atoms with Gasteiger partial charge in [0.25, 0.3) is 0 Å². The summed E-state index contributed by atoms with van der Waals surface area (Å²) in [6.07, 6.45) is 2.45. The molecular formula is C7H14N2S. The minimum atomic E-state index is 0.938. The van der Waals surface area contributed by atoms with E-state index in [1.165, 1.54) is 6.42 Å². The average molecular weight is 158 g/mol. The molecule has 2 nitrogen and oxygen atoms in total.